The number of para-hydroxylation sites is 1. The largest absolute Gasteiger partial charge is 0.504 e. The molecule has 0 bridgehead atoms. The topological polar surface area (TPSA) is 114 Å². The Morgan fingerprint density at radius 1 is 0.432 bits per heavy atom. The molecule has 216 valence electrons. The van der Waals surface area contributed by atoms with Gasteiger partial charge in [-0.05, 0) is 57.5 Å². The molecule has 7 aromatic rings. The van der Waals surface area contributed by atoms with Crippen molar-refractivity contribution in [2.45, 2.75) is 25.7 Å². The molecule has 6 heteroatoms. The quantitative estimate of drug-likeness (QED) is 0.0809. The fourth-order valence-corrected chi connectivity index (χ4v) is 6.96. The average Bonchev–Trinajstić information content (AvgIpc) is 3.45. The summed E-state index contributed by atoms with van der Waals surface area (Å²) in [5.41, 5.74) is 6.59. The van der Waals surface area contributed by atoms with Crippen molar-refractivity contribution in [1.82, 2.24) is 0 Å². The second-order valence-electron chi connectivity index (χ2n) is 11.4. The molecule has 0 atom stereocenters. The van der Waals surface area contributed by atoms with Crippen LogP contribution in [0.4, 0.5) is 0 Å². The van der Waals surface area contributed by atoms with Crippen LogP contribution in [0, 0.1) is 0 Å². The third-order valence-corrected chi connectivity index (χ3v) is 9.02. The fraction of sp³-hybridized carbons (Fsp3) is 0.105. The number of phenols is 5. The molecule has 0 saturated heterocycles. The normalized spacial score (nSPS) is 13.1. The summed E-state index contributed by atoms with van der Waals surface area (Å²) in [5, 5.41) is 56.9. The third kappa shape index (κ3) is 3.67. The lowest BCUT2D eigenvalue weighted by molar-refractivity contribution is 0.330. The van der Waals surface area contributed by atoms with Crippen LogP contribution in [0.3, 0.4) is 0 Å². The molecule has 0 radical (unpaired) electrons. The Labute approximate surface area is 252 Å². The minimum Gasteiger partial charge on any atom is -0.504 e. The van der Waals surface area contributed by atoms with E-state index in [2.05, 4.69) is 42.5 Å². The van der Waals surface area contributed by atoms with E-state index in [1.807, 2.05) is 48.5 Å². The number of aromatic hydroxyl groups is 5. The molecule has 0 amide bonds. The molecule has 1 aromatic heterocycles. The van der Waals surface area contributed by atoms with Crippen LogP contribution in [0.5, 0.6) is 28.7 Å². The highest BCUT2D eigenvalue weighted by Crippen LogP contribution is 2.57. The maximum Gasteiger partial charge on any atom is 0.208 e. The third-order valence-electron chi connectivity index (χ3n) is 9.02. The zero-order valence-electron chi connectivity index (χ0n) is 23.6. The first kappa shape index (κ1) is 26.0. The SMILES string of the molecule is Oc1c(O)c(O)c(-c2c3ccccc3c(-c3ccc(-c4cccc5c6c(oc45)CCCC6)cc3)c3ccccc23)c(O)c1O. The molecule has 1 heterocycles. The minimum atomic E-state index is -0.987. The number of fused-ring (bicyclic) bond motifs is 5. The molecule has 0 saturated carbocycles. The summed E-state index contributed by atoms with van der Waals surface area (Å²) in [6.07, 6.45) is 4.39. The number of furan rings is 1. The Hall–Kier alpha value is -5.62. The molecular weight excluding hydrogens is 552 g/mol. The van der Waals surface area contributed by atoms with Crippen LogP contribution >= 0.6 is 0 Å². The zero-order chi connectivity index (χ0) is 30.1. The number of aryl methyl sites for hydroxylation is 2. The Morgan fingerprint density at radius 3 is 1.55 bits per heavy atom. The van der Waals surface area contributed by atoms with Gasteiger partial charge in [-0.15, -0.1) is 0 Å². The lowest BCUT2D eigenvalue weighted by atomic mass is 9.85. The smallest absolute Gasteiger partial charge is 0.208 e. The van der Waals surface area contributed by atoms with Crippen LogP contribution < -0.4 is 0 Å². The van der Waals surface area contributed by atoms with Crippen molar-refractivity contribution in [3.8, 4) is 62.1 Å². The molecular formula is C38H28O6. The molecule has 0 spiro atoms. The van der Waals surface area contributed by atoms with Crippen molar-refractivity contribution >= 4 is 32.5 Å². The van der Waals surface area contributed by atoms with E-state index < -0.39 is 28.7 Å². The van der Waals surface area contributed by atoms with Gasteiger partial charge in [0.25, 0.3) is 0 Å². The maximum atomic E-state index is 10.9. The summed E-state index contributed by atoms with van der Waals surface area (Å²) in [7, 11) is 0. The Kier molecular flexibility index (Phi) is 5.75. The minimum absolute atomic E-state index is 0.165. The van der Waals surface area contributed by atoms with Gasteiger partial charge < -0.3 is 29.9 Å². The van der Waals surface area contributed by atoms with Gasteiger partial charge in [-0.2, -0.15) is 0 Å². The summed E-state index contributed by atoms with van der Waals surface area (Å²) in [5.74, 6) is -3.13. The summed E-state index contributed by atoms with van der Waals surface area (Å²) >= 11 is 0. The predicted molar refractivity (Wildman–Crippen MR) is 172 cm³/mol. The van der Waals surface area contributed by atoms with Gasteiger partial charge in [0.05, 0.1) is 5.56 Å². The lowest BCUT2D eigenvalue weighted by Gasteiger charge is -2.20. The average molecular weight is 581 g/mol. The van der Waals surface area contributed by atoms with E-state index in [1.165, 1.54) is 17.4 Å². The molecule has 1 aliphatic carbocycles. The number of phenolic OH excluding ortho intramolecular Hbond substituents is 5. The van der Waals surface area contributed by atoms with Crippen molar-refractivity contribution in [3.05, 3.63) is 102 Å². The van der Waals surface area contributed by atoms with E-state index in [9.17, 15) is 25.5 Å². The Bertz CT molecular complexity index is 2190. The van der Waals surface area contributed by atoms with Crippen molar-refractivity contribution in [2.75, 3.05) is 0 Å². The second kappa shape index (κ2) is 9.71. The molecule has 44 heavy (non-hydrogen) atoms. The maximum absolute atomic E-state index is 10.9. The molecule has 8 rings (SSSR count). The lowest BCUT2D eigenvalue weighted by Crippen LogP contribution is -1.98. The first-order chi connectivity index (χ1) is 21.4. The van der Waals surface area contributed by atoms with Crippen molar-refractivity contribution < 1.29 is 29.9 Å². The second-order valence-corrected chi connectivity index (χ2v) is 11.4. The van der Waals surface area contributed by atoms with E-state index >= 15 is 0 Å². The summed E-state index contributed by atoms with van der Waals surface area (Å²) in [4.78, 5) is 0. The van der Waals surface area contributed by atoms with Crippen LogP contribution in [0.15, 0.2) is 95.4 Å². The first-order valence-electron chi connectivity index (χ1n) is 14.7. The van der Waals surface area contributed by atoms with Gasteiger partial charge in [-0.25, -0.2) is 0 Å². The van der Waals surface area contributed by atoms with Gasteiger partial charge in [-0.3, -0.25) is 0 Å². The standard InChI is InChI=1S/C38H28O6/c39-33-32(34(40)36(42)37(43)35(33)41)31-26-11-3-1-9-24(26)30(25-10-2-4-12-27(25)31)21-18-16-20(17-19-21)22-13-7-14-28-23-8-5-6-15-29(23)44-38(22)28/h1-4,7,9-14,16-19,39-43H,5-6,8,15H2. The van der Waals surface area contributed by atoms with E-state index in [4.69, 9.17) is 4.42 Å². The Morgan fingerprint density at radius 2 is 0.932 bits per heavy atom. The van der Waals surface area contributed by atoms with Crippen LogP contribution in [-0.2, 0) is 12.8 Å². The number of hydrogen-bond donors (Lipinski definition) is 5. The molecule has 0 unspecified atom stereocenters. The van der Waals surface area contributed by atoms with E-state index in [-0.39, 0.29) is 5.56 Å². The first-order valence-corrected chi connectivity index (χ1v) is 14.7. The van der Waals surface area contributed by atoms with Gasteiger partial charge in [0.1, 0.15) is 11.3 Å². The molecule has 0 aliphatic heterocycles. The fourth-order valence-electron chi connectivity index (χ4n) is 6.96. The highest BCUT2D eigenvalue weighted by molar-refractivity contribution is 6.22. The van der Waals surface area contributed by atoms with E-state index in [0.29, 0.717) is 16.3 Å². The van der Waals surface area contributed by atoms with Gasteiger partial charge in [0.2, 0.25) is 17.2 Å². The number of hydrogen-bond acceptors (Lipinski definition) is 6. The molecule has 6 aromatic carbocycles. The van der Waals surface area contributed by atoms with Crippen LogP contribution in [0.2, 0.25) is 0 Å². The monoisotopic (exact) mass is 580 g/mol. The zero-order valence-corrected chi connectivity index (χ0v) is 23.6. The van der Waals surface area contributed by atoms with Gasteiger partial charge >= 0.3 is 0 Å². The predicted octanol–water partition coefficient (Wildman–Crippen LogP) is 9.15. The Balaban J connectivity index is 1.35. The van der Waals surface area contributed by atoms with Gasteiger partial charge in [0, 0.05) is 28.5 Å². The van der Waals surface area contributed by atoms with Crippen LogP contribution in [-0.4, -0.2) is 25.5 Å². The molecule has 5 N–H and O–H groups in total. The highest BCUT2D eigenvalue weighted by atomic mass is 16.4. The van der Waals surface area contributed by atoms with Crippen LogP contribution in [0.1, 0.15) is 24.2 Å². The van der Waals surface area contributed by atoms with Gasteiger partial charge in [-0.1, -0.05) is 91.0 Å². The van der Waals surface area contributed by atoms with Crippen LogP contribution in [0.25, 0.3) is 65.9 Å². The molecule has 0 fully saturated rings. The highest BCUT2D eigenvalue weighted by Gasteiger charge is 2.28. The van der Waals surface area contributed by atoms with Crippen molar-refractivity contribution in [1.29, 1.82) is 0 Å². The summed E-state index contributed by atoms with van der Waals surface area (Å²) < 4.78 is 6.41. The molecule has 6 nitrogen and oxygen atoms in total. The molecule has 1 aliphatic rings. The number of rotatable bonds is 3. The van der Waals surface area contributed by atoms with E-state index in [1.54, 1.807) is 0 Å². The van der Waals surface area contributed by atoms with Crippen molar-refractivity contribution in [2.24, 2.45) is 0 Å². The van der Waals surface area contributed by atoms with E-state index in [0.717, 1.165) is 63.6 Å². The van der Waals surface area contributed by atoms with Gasteiger partial charge in [0.15, 0.2) is 11.5 Å². The number of benzene rings is 6. The van der Waals surface area contributed by atoms with Crippen molar-refractivity contribution in [3.63, 3.8) is 0 Å². The summed E-state index contributed by atoms with van der Waals surface area (Å²) in [6.45, 7) is 0. The summed E-state index contributed by atoms with van der Waals surface area (Å²) in [6, 6.07) is 30.0.